The molecule has 0 unspecified atom stereocenters. The Morgan fingerprint density at radius 3 is 2.21 bits per heavy atom. The summed E-state index contributed by atoms with van der Waals surface area (Å²) in [5, 5.41) is 4.14. The van der Waals surface area contributed by atoms with Gasteiger partial charge in [-0.3, -0.25) is 0 Å². The second-order valence-electron chi connectivity index (χ2n) is 3.59. The molecule has 0 aliphatic carbocycles. The van der Waals surface area contributed by atoms with E-state index in [4.69, 9.17) is 0 Å². The van der Waals surface area contributed by atoms with E-state index in [1.807, 2.05) is 4.68 Å². The van der Waals surface area contributed by atoms with Gasteiger partial charge < -0.3 is 0 Å². The lowest BCUT2D eigenvalue weighted by Gasteiger charge is -2.10. The minimum Gasteiger partial charge on any atom is -0.223 e. The second-order valence-corrected chi connectivity index (χ2v) is 3.59. The van der Waals surface area contributed by atoms with Gasteiger partial charge in [-0.15, -0.1) is 0 Å². The molecular formula is C11H13N3. The molecule has 0 aliphatic heterocycles. The predicted octanol–water partition coefficient (Wildman–Crippen LogP) is 2.19. The van der Waals surface area contributed by atoms with Crippen molar-refractivity contribution >= 4 is 0 Å². The average molecular weight is 187 g/mol. The van der Waals surface area contributed by atoms with Crippen LogP contribution in [0.5, 0.6) is 0 Å². The average Bonchev–Trinajstić information content (AvgIpc) is 2.54. The summed E-state index contributed by atoms with van der Waals surface area (Å²) in [6, 6.07) is 4.31. The van der Waals surface area contributed by atoms with Crippen molar-refractivity contribution in [3.8, 4) is 5.69 Å². The monoisotopic (exact) mass is 187 g/mol. The van der Waals surface area contributed by atoms with Crippen LogP contribution in [-0.4, -0.2) is 14.8 Å². The van der Waals surface area contributed by atoms with Crippen molar-refractivity contribution in [2.75, 3.05) is 0 Å². The van der Waals surface area contributed by atoms with Crippen LogP contribution in [0, 0.1) is 20.8 Å². The van der Waals surface area contributed by atoms with Crippen molar-refractivity contribution in [1.29, 1.82) is 0 Å². The molecule has 0 spiro atoms. The van der Waals surface area contributed by atoms with Gasteiger partial charge in [-0.25, -0.2) is 9.67 Å². The summed E-state index contributed by atoms with van der Waals surface area (Å²) in [6.07, 6.45) is 3.28. The van der Waals surface area contributed by atoms with Crippen molar-refractivity contribution in [2.45, 2.75) is 20.8 Å². The molecule has 1 aromatic heterocycles. The van der Waals surface area contributed by atoms with Crippen LogP contribution in [0.4, 0.5) is 0 Å². The minimum absolute atomic E-state index is 1.13. The van der Waals surface area contributed by atoms with Crippen LogP contribution in [0.2, 0.25) is 0 Å². The highest BCUT2D eigenvalue weighted by Gasteiger charge is 2.05. The lowest BCUT2D eigenvalue weighted by atomic mass is 10.1. The molecule has 0 bridgehead atoms. The second kappa shape index (κ2) is 3.25. The molecule has 0 saturated heterocycles. The van der Waals surface area contributed by atoms with Crippen LogP contribution in [-0.2, 0) is 0 Å². The molecule has 2 aromatic rings. The number of rotatable bonds is 1. The first kappa shape index (κ1) is 8.94. The quantitative estimate of drug-likeness (QED) is 0.685. The third-order valence-corrected chi connectivity index (χ3v) is 2.28. The number of aromatic nitrogens is 3. The zero-order valence-electron chi connectivity index (χ0n) is 8.65. The molecule has 3 heteroatoms. The van der Waals surface area contributed by atoms with E-state index in [1.165, 1.54) is 16.7 Å². The van der Waals surface area contributed by atoms with E-state index in [0.717, 1.165) is 5.69 Å². The molecule has 0 aliphatic rings. The molecule has 2 rings (SSSR count). The molecule has 72 valence electrons. The van der Waals surface area contributed by atoms with Crippen LogP contribution in [0.3, 0.4) is 0 Å². The molecule has 1 heterocycles. The van der Waals surface area contributed by atoms with Gasteiger partial charge in [0.2, 0.25) is 0 Å². The number of nitrogens with zero attached hydrogens (tertiary/aromatic N) is 3. The van der Waals surface area contributed by atoms with Gasteiger partial charge >= 0.3 is 0 Å². The highest BCUT2D eigenvalue weighted by Crippen LogP contribution is 2.19. The minimum atomic E-state index is 1.13. The van der Waals surface area contributed by atoms with Gasteiger partial charge in [0.1, 0.15) is 12.7 Å². The number of aryl methyl sites for hydroxylation is 3. The van der Waals surface area contributed by atoms with Gasteiger partial charge in [0.15, 0.2) is 0 Å². The first-order valence-electron chi connectivity index (χ1n) is 4.61. The number of benzene rings is 1. The SMILES string of the molecule is Cc1cc(C)c(-n2cncn2)c(C)c1. The van der Waals surface area contributed by atoms with Gasteiger partial charge in [0.05, 0.1) is 5.69 Å². The fourth-order valence-electron chi connectivity index (χ4n) is 1.86. The Balaban J connectivity index is 2.64. The maximum Gasteiger partial charge on any atom is 0.138 e. The Morgan fingerprint density at radius 2 is 1.71 bits per heavy atom. The van der Waals surface area contributed by atoms with E-state index in [9.17, 15) is 0 Å². The predicted molar refractivity (Wildman–Crippen MR) is 55.6 cm³/mol. The molecule has 0 N–H and O–H groups in total. The zero-order chi connectivity index (χ0) is 10.1. The van der Waals surface area contributed by atoms with Crippen LogP contribution in [0.15, 0.2) is 24.8 Å². The molecule has 0 fully saturated rings. The van der Waals surface area contributed by atoms with Crippen molar-refractivity contribution < 1.29 is 0 Å². The lowest BCUT2D eigenvalue weighted by molar-refractivity contribution is 0.862. The standard InChI is InChI=1S/C11H13N3/c1-8-4-9(2)11(10(3)5-8)14-7-12-6-13-14/h4-7H,1-3H3. The van der Waals surface area contributed by atoms with Crippen LogP contribution in [0.25, 0.3) is 5.69 Å². The largest absolute Gasteiger partial charge is 0.223 e. The molecule has 1 aromatic carbocycles. The molecule has 14 heavy (non-hydrogen) atoms. The zero-order valence-corrected chi connectivity index (χ0v) is 8.65. The molecular weight excluding hydrogens is 174 g/mol. The first-order valence-corrected chi connectivity index (χ1v) is 4.61. The van der Waals surface area contributed by atoms with Crippen molar-refractivity contribution in [1.82, 2.24) is 14.8 Å². The van der Waals surface area contributed by atoms with Gasteiger partial charge in [0, 0.05) is 0 Å². The van der Waals surface area contributed by atoms with E-state index in [2.05, 4.69) is 43.0 Å². The van der Waals surface area contributed by atoms with E-state index in [0.29, 0.717) is 0 Å². The maximum absolute atomic E-state index is 4.14. The van der Waals surface area contributed by atoms with Gasteiger partial charge in [0.25, 0.3) is 0 Å². The summed E-state index contributed by atoms with van der Waals surface area (Å²) in [5.74, 6) is 0. The molecule has 0 saturated carbocycles. The van der Waals surface area contributed by atoms with E-state index in [-0.39, 0.29) is 0 Å². The lowest BCUT2D eigenvalue weighted by Crippen LogP contribution is -2.01. The molecule has 3 nitrogen and oxygen atoms in total. The fourth-order valence-corrected chi connectivity index (χ4v) is 1.86. The summed E-state index contributed by atoms with van der Waals surface area (Å²) < 4.78 is 1.81. The number of hydrogen-bond donors (Lipinski definition) is 0. The highest BCUT2D eigenvalue weighted by molar-refractivity contribution is 5.48. The van der Waals surface area contributed by atoms with Crippen molar-refractivity contribution in [3.63, 3.8) is 0 Å². The number of hydrogen-bond acceptors (Lipinski definition) is 2. The summed E-state index contributed by atoms with van der Waals surface area (Å²) in [7, 11) is 0. The third kappa shape index (κ3) is 1.41. The Hall–Kier alpha value is -1.64. The highest BCUT2D eigenvalue weighted by atomic mass is 15.3. The molecule has 0 amide bonds. The topological polar surface area (TPSA) is 30.7 Å². The first-order chi connectivity index (χ1) is 6.68. The van der Waals surface area contributed by atoms with Gasteiger partial charge in [-0.2, -0.15) is 5.10 Å². The van der Waals surface area contributed by atoms with Crippen molar-refractivity contribution in [2.24, 2.45) is 0 Å². The summed E-state index contributed by atoms with van der Waals surface area (Å²) in [4.78, 5) is 3.96. The normalized spacial score (nSPS) is 10.5. The van der Waals surface area contributed by atoms with E-state index in [1.54, 1.807) is 12.7 Å². The Labute approximate surface area is 83.4 Å². The van der Waals surface area contributed by atoms with E-state index >= 15 is 0 Å². The summed E-state index contributed by atoms with van der Waals surface area (Å²) >= 11 is 0. The van der Waals surface area contributed by atoms with Crippen LogP contribution in [0.1, 0.15) is 16.7 Å². The molecule has 0 radical (unpaired) electrons. The summed E-state index contributed by atoms with van der Waals surface area (Å²) in [5.41, 5.74) is 4.87. The fraction of sp³-hybridized carbons (Fsp3) is 0.273. The Morgan fingerprint density at radius 1 is 1.07 bits per heavy atom. The van der Waals surface area contributed by atoms with Crippen molar-refractivity contribution in [3.05, 3.63) is 41.5 Å². The molecule has 0 atom stereocenters. The summed E-state index contributed by atoms with van der Waals surface area (Å²) in [6.45, 7) is 6.29. The van der Waals surface area contributed by atoms with Gasteiger partial charge in [-0.05, 0) is 31.9 Å². The van der Waals surface area contributed by atoms with E-state index < -0.39 is 0 Å². The van der Waals surface area contributed by atoms with Crippen LogP contribution >= 0.6 is 0 Å². The Kier molecular flexibility index (Phi) is 2.08. The third-order valence-electron chi connectivity index (χ3n) is 2.28. The van der Waals surface area contributed by atoms with Gasteiger partial charge in [-0.1, -0.05) is 17.7 Å². The Bertz CT molecular complexity index is 421. The maximum atomic E-state index is 4.14. The smallest absolute Gasteiger partial charge is 0.138 e. The van der Waals surface area contributed by atoms with Crippen LogP contribution < -0.4 is 0 Å².